The van der Waals surface area contributed by atoms with Crippen molar-refractivity contribution in [3.8, 4) is 90.5 Å². The molecule has 0 atom stereocenters. The highest BCUT2D eigenvalue weighted by Crippen LogP contribution is 2.59. The highest BCUT2D eigenvalue weighted by atomic mass is 16.5. The molecule has 0 fully saturated rings. The van der Waals surface area contributed by atoms with Gasteiger partial charge in [-0.25, -0.2) is 0 Å². The molecule has 4 aliphatic carbocycles. The van der Waals surface area contributed by atoms with Gasteiger partial charge in [-0.3, -0.25) is 0 Å². The van der Waals surface area contributed by atoms with Gasteiger partial charge in [0.05, 0.1) is 0 Å². The molecule has 0 bridgehead atoms. The molecule has 0 spiro atoms. The molecule has 131 heavy (non-hydrogen) atoms. The van der Waals surface area contributed by atoms with Crippen molar-refractivity contribution in [2.45, 2.75) is 90.9 Å². The Bertz CT molecular complexity index is 6960. The monoisotopic (exact) mass is 1690 g/mol. The lowest BCUT2D eigenvalue weighted by Gasteiger charge is -2.35. The molecule has 9 heteroatoms. The molecule has 0 aromatic heterocycles. The minimum Gasteiger partial charge on any atom is -0.458 e. The molecule has 0 radical (unpaired) electrons. The predicted octanol–water partition coefficient (Wildman–Crippen LogP) is 31.4. The normalized spacial score (nSPS) is 14.1. The first-order chi connectivity index (χ1) is 63.7. The van der Waals surface area contributed by atoms with Gasteiger partial charge in [0, 0.05) is 101 Å². The Labute approximate surface area is 768 Å². The predicted molar refractivity (Wildman–Crippen MR) is 542 cm³/mol. The first-order valence-electron chi connectivity index (χ1n) is 45.6. The van der Waals surface area contributed by atoms with Crippen molar-refractivity contribution in [3.05, 3.63) is 462 Å². The summed E-state index contributed by atoms with van der Waals surface area (Å²) in [5.41, 5.74) is 38.5. The van der Waals surface area contributed by atoms with Crippen molar-refractivity contribution < 1.29 is 18.9 Å². The summed E-state index contributed by atoms with van der Waals surface area (Å²) >= 11 is 0. The van der Waals surface area contributed by atoms with E-state index in [-0.39, 0.29) is 28.4 Å². The fourth-order valence-electron chi connectivity index (χ4n) is 21.7. The number of aryl methyl sites for hydroxylation is 2. The maximum Gasteiger partial charge on any atom is 0.260 e. The molecule has 18 aromatic rings. The van der Waals surface area contributed by atoms with Gasteiger partial charge in [-0.15, -0.1) is 0 Å². The van der Waals surface area contributed by atoms with Crippen LogP contribution in [-0.2, 0) is 21.7 Å². The lowest BCUT2D eigenvalue weighted by atomic mass is 9.34. The Kier molecular flexibility index (Phi) is 19.0. The van der Waals surface area contributed by atoms with E-state index in [1.165, 1.54) is 99.9 Å². The Morgan fingerprint density at radius 3 is 0.718 bits per heavy atom. The number of anilines is 12. The molecule has 2 heterocycles. The standard InChI is InChI=1S/C61H47BN2O2.C61H50N2O2/c1-38-30-57-59-58(31-38)66-56-35-48-46-29-27-44(64(41-22-14-8-15-23-41)42-24-16-9-17-25-42)33-50(46)61(4,5)52(48)37-54(56)62(59)53-36-51-47(34-55(53)65-57)45-28-26-43(32-49(45)60(51,2)3)63(39-18-10-6-11-19-39)40-20-12-7-13-21-40;1-41-34-50(64-48-28-32-56-54(39-48)52-30-26-46(36-58(52)60(56,2)3)62(42-18-10-6-11-19-42)43-20-12-7-13-21-43)38-51(35-41)65-49-29-33-57-55(40-49)53-31-27-47(37-59(53)61(57,4)5)63(44-22-14-8-15-23-44)45-24-16-9-17-25-45/h6-37H,1-5H3;6-40H,1-5H3. The number of benzene rings is 18. The maximum absolute atomic E-state index is 7.01. The minimum absolute atomic E-state index is 0.0675. The van der Waals surface area contributed by atoms with Crippen LogP contribution in [-0.4, -0.2) is 6.71 Å². The molecule has 2 aliphatic heterocycles. The van der Waals surface area contributed by atoms with E-state index < -0.39 is 0 Å². The molecule has 0 N–H and O–H groups in total. The van der Waals surface area contributed by atoms with Crippen molar-refractivity contribution in [1.82, 2.24) is 0 Å². The SMILES string of the molecule is Cc1cc(Oc2ccc3c(c2)-c2ccc(N(c4ccccc4)c4ccccc4)cc2C3(C)C)cc(Oc2ccc3c(c2)-c2ccc(N(c4ccccc4)c4ccccc4)cc2C3(C)C)c1.Cc1cc2c3c(c1)Oc1cc4c(cc1B3c1cc3c(cc1O2)-c1ccc(N(c2ccccc2)c2ccccc2)cc1C3(C)C)C(C)(C)c1cc(N(c2ccccc2)c2ccccc2)ccc1-4. The van der Waals surface area contributed by atoms with Crippen molar-refractivity contribution >= 4 is 91.3 Å². The molecule has 0 saturated carbocycles. The molecule has 6 aliphatic rings. The smallest absolute Gasteiger partial charge is 0.260 e. The largest absolute Gasteiger partial charge is 0.458 e. The molecular formula is C122H97BN4O4. The summed E-state index contributed by atoms with van der Waals surface area (Å²) in [6, 6.07) is 146. The van der Waals surface area contributed by atoms with Crippen LogP contribution >= 0.6 is 0 Å². The summed E-state index contributed by atoms with van der Waals surface area (Å²) in [5.74, 6) is 6.61. The third-order valence-corrected chi connectivity index (χ3v) is 28.1. The van der Waals surface area contributed by atoms with Crippen LogP contribution in [0.1, 0.15) is 111 Å². The number of fused-ring (bicyclic) bond motifs is 16. The van der Waals surface area contributed by atoms with Crippen LogP contribution in [0.15, 0.2) is 406 Å². The summed E-state index contributed by atoms with van der Waals surface area (Å²) in [6.45, 7) is 23.0. The second-order valence-electron chi connectivity index (χ2n) is 37.7. The molecule has 632 valence electrons. The van der Waals surface area contributed by atoms with Crippen LogP contribution in [0.25, 0.3) is 44.5 Å². The van der Waals surface area contributed by atoms with Gasteiger partial charge in [-0.2, -0.15) is 0 Å². The van der Waals surface area contributed by atoms with E-state index in [1.54, 1.807) is 0 Å². The first-order valence-corrected chi connectivity index (χ1v) is 45.6. The van der Waals surface area contributed by atoms with Crippen molar-refractivity contribution in [2.24, 2.45) is 0 Å². The number of hydrogen-bond acceptors (Lipinski definition) is 8. The van der Waals surface area contributed by atoms with Gasteiger partial charge in [-0.05, 0) is 331 Å². The van der Waals surface area contributed by atoms with Crippen molar-refractivity contribution in [3.63, 3.8) is 0 Å². The van der Waals surface area contributed by atoms with Gasteiger partial charge in [0.15, 0.2) is 0 Å². The zero-order chi connectivity index (χ0) is 88.8. The van der Waals surface area contributed by atoms with Gasteiger partial charge >= 0.3 is 0 Å². The summed E-state index contributed by atoms with van der Waals surface area (Å²) in [7, 11) is 0. The fraction of sp³-hybridized carbons (Fsp3) is 0.115. The topological polar surface area (TPSA) is 49.9 Å². The highest BCUT2D eigenvalue weighted by molar-refractivity contribution is 6.98. The van der Waals surface area contributed by atoms with Gasteiger partial charge in [0.2, 0.25) is 0 Å². The molecule has 24 rings (SSSR count). The van der Waals surface area contributed by atoms with Crippen LogP contribution in [0.3, 0.4) is 0 Å². The van der Waals surface area contributed by atoms with Crippen molar-refractivity contribution in [1.29, 1.82) is 0 Å². The number of nitrogens with zero attached hydrogens (tertiary/aromatic N) is 4. The molecule has 8 nitrogen and oxygen atoms in total. The van der Waals surface area contributed by atoms with Crippen LogP contribution < -0.4 is 54.9 Å². The van der Waals surface area contributed by atoms with E-state index in [0.29, 0.717) is 0 Å². The zero-order valence-corrected chi connectivity index (χ0v) is 75.2. The van der Waals surface area contributed by atoms with E-state index in [0.717, 1.165) is 131 Å². The number of rotatable bonds is 16. The van der Waals surface area contributed by atoms with Gasteiger partial charge in [0.1, 0.15) is 46.0 Å². The lowest BCUT2D eigenvalue weighted by Crippen LogP contribution is -2.57. The van der Waals surface area contributed by atoms with E-state index in [1.807, 2.05) is 6.07 Å². The average molecular weight is 1690 g/mol. The Morgan fingerprint density at radius 1 is 0.198 bits per heavy atom. The van der Waals surface area contributed by atoms with E-state index in [9.17, 15) is 0 Å². The molecule has 18 aromatic carbocycles. The lowest BCUT2D eigenvalue weighted by molar-refractivity contribution is 0.459. The second-order valence-corrected chi connectivity index (χ2v) is 37.7. The van der Waals surface area contributed by atoms with Crippen LogP contribution in [0.2, 0.25) is 0 Å². The van der Waals surface area contributed by atoms with E-state index in [2.05, 4.69) is 489 Å². The summed E-state index contributed by atoms with van der Waals surface area (Å²) in [4.78, 5) is 9.37. The zero-order valence-electron chi connectivity index (χ0n) is 75.2. The van der Waals surface area contributed by atoms with Crippen LogP contribution in [0, 0.1) is 13.8 Å². The highest BCUT2D eigenvalue weighted by Gasteiger charge is 2.48. The Hall–Kier alpha value is -15.6. The average Bonchev–Trinajstić information content (AvgIpc) is 1.54. The Morgan fingerprint density at radius 2 is 0.443 bits per heavy atom. The van der Waals surface area contributed by atoms with Gasteiger partial charge in [-0.1, -0.05) is 250 Å². The Balaban J connectivity index is 0.000000149. The molecule has 0 unspecified atom stereocenters. The third kappa shape index (κ3) is 13.6. The second kappa shape index (κ2) is 31.1. The summed E-state index contributed by atoms with van der Waals surface area (Å²) in [5, 5.41) is 0. The molecule has 0 saturated heterocycles. The van der Waals surface area contributed by atoms with Crippen molar-refractivity contribution in [2.75, 3.05) is 19.6 Å². The number of hydrogen-bond donors (Lipinski definition) is 0. The van der Waals surface area contributed by atoms with Gasteiger partial charge < -0.3 is 38.5 Å². The first kappa shape index (κ1) is 80.0. The summed E-state index contributed by atoms with van der Waals surface area (Å²) in [6.07, 6.45) is 0. The fourth-order valence-corrected chi connectivity index (χ4v) is 21.7. The van der Waals surface area contributed by atoms with Crippen LogP contribution in [0.4, 0.5) is 68.2 Å². The van der Waals surface area contributed by atoms with E-state index in [4.69, 9.17) is 18.9 Å². The molecule has 0 amide bonds. The minimum atomic E-state index is -0.272. The van der Waals surface area contributed by atoms with Gasteiger partial charge in [0.25, 0.3) is 6.71 Å². The third-order valence-electron chi connectivity index (χ3n) is 28.1. The quantitative estimate of drug-likeness (QED) is 0.0887. The maximum atomic E-state index is 7.01. The molecular weight excluding hydrogens is 1600 g/mol. The summed E-state index contributed by atoms with van der Waals surface area (Å²) < 4.78 is 27.4. The number of para-hydroxylation sites is 8. The van der Waals surface area contributed by atoms with E-state index >= 15 is 0 Å². The number of ether oxygens (including phenoxy) is 4. The van der Waals surface area contributed by atoms with Crippen LogP contribution in [0.5, 0.6) is 46.0 Å².